The molecule has 3 rings (SSSR count). The van der Waals surface area contributed by atoms with Gasteiger partial charge in [0, 0.05) is 22.3 Å². The van der Waals surface area contributed by atoms with Crippen LogP contribution in [-0.4, -0.2) is 14.8 Å². The third-order valence-electron chi connectivity index (χ3n) is 3.01. The lowest BCUT2D eigenvalue weighted by molar-refractivity contribution is 0.859. The molecular formula is C15H13BrN4. The fraction of sp³-hybridized carbons (Fsp3) is 0.0667. The number of hydrogen-bond donors (Lipinski definition) is 1. The van der Waals surface area contributed by atoms with Crippen LogP contribution < -0.4 is 5.73 Å². The van der Waals surface area contributed by atoms with E-state index in [1.54, 1.807) is 10.9 Å². The number of rotatable bonds is 2. The van der Waals surface area contributed by atoms with E-state index in [1.165, 1.54) is 5.56 Å². The molecule has 0 unspecified atom stereocenters. The van der Waals surface area contributed by atoms with Crippen molar-refractivity contribution in [3.63, 3.8) is 0 Å². The summed E-state index contributed by atoms with van der Waals surface area (Å²) in [6, 6.07) is 13.8. The highest BCUT2D eigenvalue weighted by Gasteiger charge is 2.09. The molecule has 0 saturated heterocycles. The lowest BCUT2D eigenvalue weighted by Crippen LogP contribution is -2.03. The summed E-state index contributed by atoms with van der Waals surface area (Å²) >= 11 is 3.36. The van der Waals surface area contributed by atoms with Crippen molar-refractivity contribution in [3.8, 4) is 17.1 Å². The van der Waals surface area contributed by atoms with Gasteiger partial charge in [0.25, 0.3) is 0 Å². The van der Waals surface area contributed by atoms with Crippen LogP contribution in [0.1, 0.15) is 5.56 Å². The smallest absolute Gasteiger partial charge is 0.155 e. The summed E-state index contributed by atoms with van der Waals surface area (Å²) in [5.74, 6) is 1.26. The third-order valence-corrected chi connectivity index (χ3v) is 3.48. The van der Waals surface area contributed by atoms with E-state index >= 15 is 0 Å². The van der Waals surface area contributed by atoms with E-state index in [9.17, 15) is 0 Å². The first-order valence-electron chi connectivity index (χ1n) is 6.18. The fourth-order valence-corrected chi connectivity index (χ4v) is 2.17. The molecule has 0 bridgehead atoms. The van der Waals surface area contributed by atoms with Gasteiger partial charge in [-0.25, -0.2) is 4.98 Å². The summed E-state index contributed by atoms with van der Waals surface area (Å²) in [5.41, 5.74) is 9.13. The molecule has 0 aliphatic rings. The molecule has 0 atom stereocenters. The standard InChI is InChI=1S/C15H13BrN4/c1-10-2-4-11(5-3-10)13-8-14(17)20(19-13)15-7-6-12(16)9-18-15/h2-9H,17H2,1H3. The first kappa shape index (κ1) is 12.9. The van der Waals surface area contributed by atoms with Crippen LogP contribution in [0, 0.1) is 6.92 Å². The highest BCUT2D eigenvalue weighted by atomic mass is 79.9. The molecule has 0 aliphatic heterocycles. The summed E-state index contributed by atoms with van der Waals surface area (Å²) < 4.78 is 2.56. The Bertz CT molecular complexity index is 730. The van der Waals surface area contributed by atoms with E-state index in [0.717, 1.165) is 15.7 Å². The van der Waals surface area contributed by atoms with Gasteiger partial charge >= 0.3 is 0 Å². The molecular weight excluding hydrogens is 316 g/mol. The van der Waals surface area contributed by atoms with Crippen molar-refractivity contribution in [1.82, 2.24) is 14.8 Å². The lowest BCUT2D eigenvalue weighted by Gasteiger charge is -2.02. The van der Waals surface area contributed by atoms with Gasteiger partial charge in [-0.2, -0.15) is 9.78 Å². The lowest BCUT2D eigenvalue weighted by atomic mass is 10.1. The number of anilines is 1. The quantitative estimate of drug-likeness (QED) is 0.782. The molecule has 0 amide bonds. The molecule has 100 valence electrons. The second-order valence-corrected chi connectivity index (χ2v) is 5.48. The van der Waals surface area contributed by atoms with Crippen molar-refractivity contribution in [2.45, 2.75) is 6.92 Å². The number of aromatic nitrogens is 3. The Morgan fingerprint density at radius 1 is 1.10 bits per heavy atom. The van der Waals surface area contributed by atoms with Gasteiger partial charge in [0.15, 0.2) is 5.82 Å². The van der Waals surface area contributed by atoms with Gasteiger partial charge in [-0.3, -0.25) is 0 Å². The Morgan fingerprint density at radius 3 is 2.50 bits per heavy atom. The van der Waals surface area contributed by atoms with Crippen LogP contribution in [0.5, 0.6) is 0 Å². The Morgan fingerprint density at radius 2 is 1.85 bits per heavy atom. The topological polar surface area (TPSA) is 56.7 Å². The van der Waals surface area contributed by atoms with Gasteiger partial charge in [0.1, 0.15) is 5.82 Å². The zero-order valence-corrected chi connectivity index (χ0v) is 12.5. The van der Waals surface area contributed by atoms with Crippen molar-refractivity contribution >= 4 is 21.7 Å². The summed E-state index contributed by atoms with van der Waals surface area (Å²) in [6.07, 6.45) is 1.72. The minimum Gasteiger partial charge on any atom is -0.384 e. The first-order valence-corrected chi connectivity index (χ1v) is 6.97. The summed E-state index contributed by atoms with van der Waals surface area (Å²) in [5, 5.41) is 4.52. The Kier molecular flexibility index (Phi) is 3.28. The van der Waals surface area contributed by atoms with Crippen molar-refractivity contribution in [2.75, 3.05) is 5.73 Å². The average Bonchev–Trinajstić information content (AvgIpc) is 2.82. The second-order valence-electron chi connectivity index (χ2n) is 4.57. The van der Waals surface area contributed by atoms with Crippen LogP contribution in [0.4, 0.5) is 5.82 Å². The molecule has 3 aromatic rings. The maximum Gasteiger partial charge on any atom is 0.155 e. The molecule has 5 heteroatoms. The van der Waals surface area contributed by atoms with Gasteiger partial charge in [-0.05, 0) is 35.0 Å². The molecule has 2 heterocycles. The predicted molar refractivity (Wildman–Crippen MR) is 83.6 cm³/mol. The van der Waals surface area contributed by atoms with Gasteiger partial charge in [-0.1, -0.05) is 29.8 Å². The number of halogens is 1. The number of pyridine rings is 1. The van der Waals surface area contributed by atoms with Gasteiger partial charge < -0.3 is 5.73 Å². The monoisotopic (exact) mass is 328 g/mol. The first-order chi connectivity index (χ1) is 9.63. The van der Waals surface area contributed by atoms with E-state index in [4.69, 9.17) is 5.73 Å². The summed E-state index contributed by atoms with van der Waals surface area (Å²) in [7, 11) is 0. The molecule has 4 nitrogen and oxygen atoms in total. The van der Waals surface area contributed by atoms with Gasteiger partial charge in [-0.15, -0.1) is 0 Å². The van der Waals surface area contributed by atoms with E-state index in [1.807, 2.05) is 30.3 Å². The summed E-state index contributed by atoms with van der Waals surface area (Å²) in [6.45, 7) is 2.06. The van der Waals surface area contributed by atoms with E-state index in [-0.39, 0.29) is 0 Å². The van der Waals surface area contributed by atoms with Crippen LogP contribution in [0.3, 0.4) is 0 Å². The largest absolute Gasteiger partial charge is 0.384 e. The second kappa shape index (κ2) is 5.09. The third kappa shape index (κ3) is 2.44. The normalized spacial score (nSPS) is 10.7. The number of nitrogens with zero attached hydrogens (tertiary/aromatic N) is 3. The highest BCUT2D eigenvalue weighted by molar-refractivity contribution is 9.10. The predicted octanol–water partition coefficient (Wildman–Crippen LogP) is 3.59. The number of nitrogen functional groups attached to an aromatic ring is 1. The molecule has 0 fully saturated rings. The molecule has 2 aromatic heterocycles. The van der Waals surface area contributed by atoms with Crippen molar-refractivity contribution < 1.29 is 0 Å². The molecule has 0 spiro atoms. The van der Waals surface area contributed by atoms with E-state index in [2.05, 4.69) is 45.1 Å². The van der Waals surface area contributed by atoms with Crippen LogP contribution >= 0.6 is 15.9 Å². The van der Waals surface area contributed by atoms with E-state index < -0.39 is 0 Å². The maximum absolute atomic E-state index is 6.03. The Labute approximate surface area is 125 Å². The molecule has 1 aromatic carbocycles. The van der Waals surface area contributed by atoms with Crippen LogP contribution in [0.15, 0.2) is 53.1 Å². The molecule has 0 saturated carbocycles. The Hall–Kier alpha value is -2.14. The van der Waals surface area contributed by atoms with Crippen molar-refractivity contribution in [3.05, 3.63) is 58.7 Å². The maximum atomic E-state index is 6.03. The van der Waals surface area contributed by atoms with E-state index in [0.29, 0.717) is 11.6 Å². The number of hydrogen-bond acceptors (Lipinski definition) is 3. The average molecular weight is 329 g/mol. The zero-order chi connectivity index (χ0) is 14.1. The summed E-state index contributed by atoms with van der Waals surface area (Å²) in [4.78, 5) is 4.30. The molecule has 0 radical (unpaired) electrons. The van der Waals surface area contributed by atoms with Crippen LogP contribution in [-0.2, 0) is 0 Å². The van der Waals surface area contributed by atoms with Crippen molar-refractivity contribution in [2.24, 2.45) is 0 Å². The fourth-order valence-electron chi connectivity index (χ4n) is 1.94. The van der Waals surface area contributed by atoms with Gasteiger partial charge in [0.2, 0.25) is 0 Å². The van der Waals surface area contributed by atoms with Crippen LogP contribution in [0.2, 0.25) is 0 Å². The van der Waals surface area contributed by atoms with Crippen LogP contribution in [0.25, 0.3) is 17.1 Å². The minimum absolute atomic E-state index is 0.565. The van der Waals surface area contributed by atoms with Gasteiger partial charge in [0.05, 0.1) is 5.69 Å². The molecule has 20 heavy (non-hydrogen) atoms. The minimum atomic E-state index is 0.565. The van der Waals surface area contributed by atoms with Crippen molar-refractivity contribution in [1.29, 1.82) is 0 Å². The number of aryl methyl sites for hydroxylation is 1. The number of benzene rings is 1. The Balaban J connectivity index is 2.02. The number of nitrogens with two attached hydrogens (primary N) is 1. The zero-order valence-electron chi connectivity index (χ0n) is 10.9. The molecule has 2 N–H and O–H groups in total. The SMILES string of the molecule is Cc1ccc(-c2cc(N)n(-c3ccc(Br)cn3)n2)cc1. The molecule has 0 aliphatic carbocycles. The highest BCUT2D eigenvalue weighted by Crippen LogP contribution is 2.23.